The largest absolute Gasteiger partial charge is 0.372 e. The third kappa shape index (κ3) is 2.04. The highest BCUT2D eigenvalue weighted by atomic mass is 16.5. The van der Waals surface area contributed by atoms with Crippen molar-refractivity contribution in [3.63, 3.8) is 0 Å². The lowest BCUT2D eigenvalue weighted by atomic mass is 9.91. The van der Waals surface area contributed by atoms with Crippen LogP contribution in [0.2, 0.25) is 0 Å². The number of carbonyl (C=O) groups excluding carboxylic acids is 2. The van der Waals surface area contributed by atoms with Gasteiger partial charge in [-0.05, 0) is 19.8 Å². The Bertz CT molecular complexity index is 293. The van der Waals surface area contributed by atoms with Crippen molar-refractivity contribution < 1.29 is 14.3 Å². The molecular weight excluding hydrogens is 208 g/mol. The zero-order chi connectivity index (χ0) is 11.5. The second-order valence-corrected chi connectivity index (χ2v) is 4.29. The number of hydrogen-bond acceptors (Lipinski definition) is 3. The third-order valence-electron chi connectivity index (χ3n) is 3.35. The Hall–Kier alpha value is -1.10. The summed E-state index contributed by atoms with van der Waals surface area (Å²) in [4.78, 5) is 25.2. The second kappa shape index (κ2) is 4.82. The van der Waals surface area contributed by atoms with Gasteiger partial charge in [-0.3, -0.25) is 9.59 Å². The van der Waals surface area contributed by atoms with E-state index in [0.717, 1.165) is 19.4 Å². The summed E-state index contributed by atoms with van der Waals surface area (Å²) < 4.78 is 5.13. The topological polar surface area (TPSA) is 58.6 Å². The van der Waals surface area contributed by atoms with Crippen LogP contribution in [-0.2, 0) is 14.3 Å². The highest BCUT2D eigenvalue weighted by molar-refractivity contribution is 5.85. The summed E-state index contributed by atoms with van der Waals surface area (Å²) in [6, 6.07) is 0.0502. The van der Waals surface area contributed by atoms with Crippen molar-refractivity contribution in [2.75, 3.05) is 26.3 Å². The van der Waals surface area contributed by atoms with Gasteiger partial charge in [-0.2, -0.15) is 0 Å². The maximum atomic E-state index is 11.9. The van der Waals surface area contributed by atoms with E-state index in [4.69, 9.17) is 4.74 Å². The summed E-state index contributed by atoms with van der Waals surface area (Å²) in [7, 11) is 0. The lowest BCUT2D eigenvalue weighted by Crippen LogP contribution is -2.49. The molecule has 2 saturated heterocycles. The summed E-state index contributed by atoms with van der Waals surface area (Å²) in [6.07, 6.45) is 1.81. The van der Waals surface area contributed by atoms with Crippen LogP contribution < -0.4 is 5.32 Å². The fraction of sp³-hybridized carbons (Fsp3) is 0.818. The molecule has 5 heteroatoms. The van der Waals surface area contributed by atoms with Gasteiger partial charge in [0.1, 0.15) is 6.61 Å². The van der Waals surface area contributed by atoms with E-state index in [0.29, 0.717) is 13.2 Å². The zero-order valence-corrected chi connectivity index (χ0v) is 9.57. The van der Waals surface area contributed by atoms with Crippen molar-refractivity contribution in [3.8, 4) is 0 Å². The van der Waals surface area contributed by atoms with Crippen LogP contribution in [-0.4, -0.2) is 49.1 Å². The molecule has 0 radical (unpaired) electrons. The molecule has 0 aromatic rings. The molecule has 0 aromatic carbocycles. The van der Waals surface area contributed by atoms with Crippen molar-refractivity contribution in [2.45, 2.75) is 25.8 Å². The van der Waals surface area contributed by atoms with Crippen LogP contribution in [0.25, 0.3) is 0 Å². The molecule has 2 heterocycles. The maximum Gasteiger partial charge on any atom is 0.248 e. The van der Waals surface area contributed by atoms with Crippen molar-refractivity contribution in [3.05, 3.63) is 0 Å². The molecule has 2 unspecified atom stereocenters. The van der Waals surface area contributed by atoms with Crippen molar-refractivity contribution >= 4 is 11.8 Å². The van der Waals surface area contributed by atoms with E-state index in [9.17, 15) is 9.59 Å². The van der Waals surface area contributed by atoms with Crippen LogP contribution in [0.1, 0.15) is 19.8 Å². The summed E-state index contributed by atoms with van der Waals surface area (Å²) in [5.41, 5.74) is 0. The number of carbonyl (C=O) groups is 2. The normalized spacial score (nSPS) is 28.8. The number of piperidine rings is 1. The Kier molecular flexibility index (Phi) is 3.43. The number of amides is 2. The number of likely N-dealkylation sites (tertiary alicyclic amines) is 1. The van der Waals surface area contributed by atoms with Crippen molar-refractivity contribution in [1.82, 2.24) is 10.2 Å². The first-order valence-corrected chi connectivity index (χ1v) is 5.89. The van der Waals surface area contributed by atoms with Crippen LogP contribution in [0, 0.1) is 5.92 Å². The van der Waals surface area contributed by atoms with E-state index < -0.39 is 0 Å². The first-order valence-electron chi connectivity index (χ1n) is 5.89. The zero-order valence-electron chi connectivity index (χ0n) is 9.57. The Morgan fingerprint density at radius 3 is 3.19 bits per heavy atom. The van der Waals surface area contributed by atoms with Crippen LogP contribution in [0.15, 0.2) is 0 Å². The minimum Gasteiger partial charge on any atom is -0.372 e. The van der Waals surface area contributed by atoms with Gasteiger partial charge in [0.05, 0.1) is 12.0 Å². The predicted molar refractivity (Wildman–Crippen MR) is 57.7 cm³/mol. The molecule has 2 atom stereocenters. The number of rotatable bonds is 3. The molecule has 90 valence electrons. The third-order valence-corrected chi connectivity index (χ3v) is 3.35. The van der Waals surface area contributed by atoms with E-state index in [1.54, 1.807) is 0 Å². The standard InChI is InChI=1S/C11H18N2O3/c1-2-16-7-10(14)13-5-3-4-8-9(13)6-12-11(8)15/h8-9H,2-7H2,1H3,(H,12,15). The summed E-state index contributed by atoms with van der Waals surface area (Å²) in [5, 5.41) is 2.83. The van der Waals surface area contributed by atoms with Gasteiger partial charge in [-0.1, -0.05) is 0 Å². The first kappa shape index (κ1) is 11.4. The minimum atomic E-state index is -0.000624. The van der Waals surface area contributed by atoms with Gasteiger partial charge in [0.2, 0.25) is 11.8 Å². The molecule has 2 rings (SSSR count). The van der Waals surface area contributed by atoms with Crippen LogP contribution in [0.5, 0.6) is 0 Å². The molecule has 0 spiro atoms. The summed E-state index contributed by atoms with van der Waals surface area (Å²) in [6.45, 7) is 3.90. The van der Waals surface area contributed by atoms with Gasteiger partial charge >= 0.3 is 0 Å². The molecule has 0 bridgehead atoms. The van der Waals surface area contributed by atoms with Gasteiger partial charge in [0.25, 0.3) is 0 Å². The van der Waals surface area contributed by atoms with E-state index in [-0.39, 0.29) is 30.4 Å². The average Bonchev–Trinajstić information content (AvgIpc) is 2.68. The van der Waals surface area contributed by atoms with Crippen LogP contribution >= 0.6 is 0 Å². The Morgan fingerprint density at radius 1 is 1.62 bits per heavy atom. The fourth-order valence-electron chi connectivity index (χ4n) is 2.53. The SMILES string of the molecule is CCOCC(=O)N1CCCC2C(=O)NCC21. The van der Waals surface area contributed by atoms with Crippen LogP contribution in [0.4, 0.5) is 0 Å². The molecule has 2 aliphatic rings. The molecule has 2 amide bonds. The van der Waals surface area contributed by atoms with Gasteiger partial charge < -0.3 is 15.0 Å². The molecular formula is C11H18N2O3. The maximum absolute atomic E-state index is 11.9. The van der Waals surface area contributed by atoms with Gasteiger partial charge in [0, 0.05) is 19.7 Å². The first-order chi connectivity index (χ1) is 7.74. The number of nitrogens with one attached hydrogen (secondary N) is 1. The van der Waals surface area contributed by atoms with Gasteiger partial charge in [-0.25, -0.2) is 0 Å². The van der Waals surface area contributed by atoms with Crippen LogP contribution in [0.3, 0.4) is 0 Å². The van der Waals surface area contributed by atoms with E-state index >= 15 is 0 Å². The van der Waals surface area contributed by atoms with E-state index in [1.165, 1.54) is 0 Å². The highest BCUT2D eigenvalue weighted by Crippen LogP contribution is 2.27. The Labute approximate surface area is 95.1 Å². The highest BCUT2D eigenvalue weighted by Gasteiger charge is 2.42. The molecule has 1 N–H and O–H groups in total. The molecule has 2 fully saturated rings. The Morgan fingerprint density at radius 2 is 2.44 bits per heavy atom. The monoisotopic (exact) mass is 226 g/mol. The van der Waals surface area contributed by atoms with Gasteiger partial charge in [0.15, 0.2) is 0 Å². The number of hydrogen-bond donors (Lipinski definition) is 1. The molecule has 0 aromatic heterocycles. The van der Waals surface area contributed by atoms with Gasteiger partial charge in [-0.15, -0.1) is 0 Å². The molecule has 0 aliphatic carbocycles. The molecule has 2 aliphatic heterocycles. The van der Waals surface area contributed by atoms with E-state index in [1.807, 2.05) is 11.8 Å². The lowest BCUT2D eigenvalue weighted by molar-refractivity contribution is -0.141. The smallest absolute Gasteiger partial charge is 0.248 e. The molecule has 0 saturated carbocycles. The summed E-state index contributed by atoms with van der Waals surface area (Å²) in [5.74, 6) is 0.103. The Balaban J connectivity index is 1.98. The number of fused-ring (bicyclic) bond motifs is 1. The number of ether oxygens (including phenoxy) is 1. The van der Waals surface area contributed by atoms with E-state index in [2.05, 4.69) is 5.32 Å². The molecule has 5 nitrogen and oxygen atoms in total. The second-order valence-electron chi connectivity index (χ2n) is 4.29. The van der Waals surface area contributed by atoms with Crippen molar-refractivity contribution in [1.29, 1.82) is 0 Å². The quantitative estimate of drug-likeness (QED) is 0.722. The summed E-state index contributed by atoms with van der Waals surface area (Å²) >= 11 is 0. The lowest BCUT2D eigenvalue weighted by Gasteiger charge is -2.35. The fourth-order valence-corrected chi connectivity index (χ4v) is 2.53. The molecule has 16 heavy (non-hydrogen) atoms. The van der Waals surface area contributed by atoms with Crippen molar-refractivity contribution in [2.24, 2.45) is 5.92 Å². The minimum absolute atomic E-state index is 0.000624. The predicted octanol–water partition coefficient (Wildman–Crippen LogP) is -0.240. The average molecular weight is 226 g/mol. The number of nitrogens with zero attached hydrogens (tertiary/aromatic N) is 1.